The molecule has 0 spiro atoms. The van der Waals surface area contributed by atoms with Crippen LogP contribution in [0.2, 0.25) is 0 Å². The molecular weight excluding hydrogens is 542 g/mol. The number of nitrogens with one attached hydrogen (secondary N) is 3. The van der Waals surface area contributed by atoms with Gasteiger partial charge in [-0.25, -0.2) is 4.79 Å². The SMILES string of the molecule is N#C[C@H](C[C@@H]1CCNC1=O)NC(=O)[C@@H]1CS[C@H]2CC[C@H](NC(=O)OCC3c4ccccc4-c4ccccc43)C(=O)N21. The first kappa shape index (κ1) is 27.1. The summed E-state index contributed by atoms with van der Waals surface area (Å²) in [5.74, 6) is -0.853. The summed E-state index contributed by atoms with van der Waals surface area (Å²) in [5.41, 5.74) is 4.47. The number of thioether (sulfide) groups is 1. The third kappa shape index (κ3) is 5.24. The molecule has 0 saturated carbocycles. The van der Waals surface area contributed by atoms with Gasteiger partial charge in [-0.05, 0) is 47.9 Å². The Balaban J connectivity index is 1.06. The van der Waals surface area contributed by atoms with Gasteiger partial charge in [0.15, 0.2) is 0 Å². The number of carbonyl (C=O) groups excluding carboxylic acids is 4. The highest BCUT2D eigenvalue weighted by Gasteiger charge is 2.47. The Kier molecular flexibility index (Phi) is 7.58. The number of benzene rings is 2. The van der Waals surface area contributed by atoms with Crippen LogP contribution in [0.5, 0.6) is 0 Å². The predicted octanol–water partition coefficient (Wildman–Crippen LogP) is 2.49. The fourth-order valence-electron chi connectivity index (χ4n) is 6.38. The Bertz CT molecular complexity index is 1380. The van der Waals surface area contributed by atoms with Gasteiger partial charge in [0.1, 0.15) is 24.7 Å². The number of hydrogen-bond donors (Lipinski definition) is 3. The van der Waals surface area contributed by atoms with Crippen LogP contribution >= 0.6 is 11.8 Å². The molecule has 6 rings (SSSR count). The Labute approximate surface area is 242 Å². The Morgan fingerprint density at radius 1 is 1.07 bits per heavy atom. The number of rotatable bonds is 7. The second-order valence-corrected chi connectivity index (χ2v) is 12.1. The predicted molar refractivity (Wildman–Crippen MR) is 151 cm³/mol. The van der Waals surface area contributed by atoms with Crippen LogP contribution in [0, 0.1) is 17.2 Å². The van der Waals surface area contributed by atoms with Crippen molar-refractivity contribution in [2.24, 2.45) is 5.92 Å². The summed E-state index contributed by atoms with van der Waals surface area (Å²) >= 11 is 1.52. The lowest BCUT2D eigenvalue weighted by atomic mass is 9.98. The minimum atomic E-state index is -0.824. The van der Waals surface area contributed by atoms with Gasteiger partial charge < -0.3 is 25.6 Å². The quantitative estimate of drug-likeness (QED) is 0.462. The number of piperidine rings is 1. The smallest absolute Gasteiger partial charge is 0.407 e. The first-order valence-electron chi connectivity index (χ1n) is 14.0. The third-order valence-electron chi connectivity index (χ3n) is 8.44. The summed E-state index contributed by atoms with van der Waals surface area (Å²) in [6.45, 7) is 0.708. The molecule has 2 aromatic carbocycles. The third-order valence-corrected chi connectivity index (χ3v) is 9.80. The van der Waals surface area contributed by atoms with Gasteiger partial charge in [0.05, 0.1) is 11.4 Å². The molecule has 0 unspecified atom stereocenters. The molecule has 3 fully saturated rings. The maximum Gasteiger partial charge on any atom is 0.407 e. The van der Waals surface area contributed by atoms with Gasteiger partial charge in [-0.1, -0.05) is 48.5 Å². The Morgan fingerprint density at radius 3 is 2.44 bits per heavy atom. The van der Waals surface area contributed by atoms with Crippen LogP contribution in [0.4, 0.5) is 4.79 Å². The number of fused-ring (bicyclic) bond motifs is 4. The molecule has 10 nitrogen and oxygen atoms in total. The van der Waals surface area contributed by atoms with Crippen LogP contribution in [0.25, 0.3) is 11.1 Å². The number of alkyl carbamates (subject to hydrolysis) is 1. The highest BCUT2D eigenvalue weighted by atomic mass is 32.2. The van der Waals surface area contributed by atoms with Gasteiger partial charge in [0, 0.05) is 24.1 Å². The zero-order chi connectivity index (χ0) is 28.5. The molecule has 4 amide bonds. The first-order chi connectivity index (χ1) is 19.9. The zero-order valence-electron chi connectivity index (χ0n) is 22.4. The summed E-state index contributed by atoms with van der Waals surface area (Å²) in [7, 11) is 0. The maximum atomic E-state index is 13.5. The molecule has 5 atom stereocenters. The van der Waals surface area contributed by atoms with E-state index in [9.17, 15) is 24.4 Å². The summed E-state index contributed by atoms with van der Waals surface area (Å²) in [6.07, 6.45) is 1.26. The summed E-state index contributed by atoms with van der Waals surface area (Å²) in [5, 5.41) is 17.6. The summed E-state index contributed by atoms with van der Waals surface area (Å²) in [4.78, 5) is 53.0. The number of nitriles is 1. The largest absolute Gasteiger partial charge is 0.449 e. The van der Waals surface area contributed by atoms with E-state index in [4.69, 9.17) is 4.74 Å². The highest BCUT2D eigenvalue weighted by molar-refractivity contribution is 8.00. The number of nitrogens with zero attached hydrogens (tertiary/aromatic N) is 2. The Hall–Kier alpha value is -4.04. The lowest BCUT2D eigenvalue weighted by Gasteiger charge is -2.37. The molecule has 3 aliphatic heterocycles. The van der Waals surface area contributed by atoms with Crippen molar-refractivity contribution < 1.29 is 23.9 Å². The van der Waals surface area contributed by atoms with Crippen molar-refractivity contribution >= 4 is 35.6 Å². The molecule has 212 valence electrons. The van der Waals surface area contributed by atoms with Crippen LogP contribution in [0.1, 0.15) is 42.7 Å². The second-order valence-electron chi connectivity index (χ2n) is 10.9. The molecule has 3 heterocycles. The van der Waals surface area contributed by atoms with Crippen LogP contribution in [-0.4, -0.2) is 71.1 Å². The van der Waals surface area contributed by atoms with E-state index in [1.165, 1.54) is 16.7 Å². The molecule has 2 aromatic rings. The van der Waals surface area contributed by atoms with E-state index >= 15 is 0 Å². The van der Waals surface area contributed by atoms with Gasteiger partial charge in [0.25, 0.3) is 0 Å². The molecule has 0 radical (unpaired) electrons. The van der Waals surface area contributed by atoms with Crippen LogP contribution < -0.4 is 16.0 Å². The van der Waals surface area contributed by atoms with Gasteiger partial charge in [0.2, 0.25) is 17.7 Å². The lowest BCUT2D eigenvalue weighted by molar-refractivity contribution is -0.143. The van der Waals surface area contributed by atoms with E-state index in [-0.39, 0.29) is 42.1 Å². The summed E-state index contributed by atoms with van der Waals surface area (Å²) < 4.78 is 5.64. The van der Waals surface area contributed by atoms with Crippen molar-refractivity contribution in [3.8, 4) is 17.2 Å². The average molecular weight is 574 g/mol. The minimum absolute atomic E-state index is 0.0916. The fraction of sp³-hybridized carbons (Fsp3) is 0.433. The normalized spacial score (nSPS) is 25.4. The van der Waals surface area contributed by atoms with Crippen molar-refractivity contribution in [3.05, 3.63) is 59.7 Å². The summed E-state index contributed by atoms with van der Waals surface area (Å²) in [6, 6.07) is 15.8. The molecule has 4 aliphatic rings. The number of amides is 4. The van der Waals surface area contributed by atoms with Gasteiger partial charge in [-0.3, -0.25) is 14.4 Å². The van der Waals surface area contributed by atoms with E-state index in [1.54, 1.807) is 0 Å². The molecule has 1 aliphatic carbocycles. The van der Waals surface area contributed by atoms with Crippen molar-refractivity contribution in [1.29, 1.82) is 5.26 Å². The van der Waals surface area contributed by atoms with E-state index in [0.29, 0.717) is 31.6 Å². The van der Waals surface area contributed by atoms with Crippen molar-refractivity contribution in [3.63, 3.8) is 0 Å². The average Bonchev–Trinajstić information content (AvgIpc) is 3.69. The van der Waals surface area contributed by atoms with E-state index in [2.05, 4.69) is 34.2 Å². The number of carbonyl (C=O) groups is 4. The van der Waals surface area contributed by atoms with Crippen LogP contribution in [0.3, 0.4) is 0 Å². The van der Waals surface area contributed by atoms with Gasteiger partial charge in [-0.15, -0.1) is 11.8 Å². The van der Waals surface area contributed by atoms with E-state index in [0.717, 1.165) is 22.3 Å². The van der Waals surface area contributed by atoms with Crippen LogP contribution in [0.15, 0.2) is 48.5 Å². The second kappa shape index (κ2) is 11.4. The standard InChI is InChI=1S/C30H31N5O5S/c31-14-18(13-17-11-12-32-27(17)36)33-28(37)25-16-41-26-10-9-24(29(38)35(25)26)34-30(39)40-15-23-21-7-3-1-5-19(21)20-6-2-4-8-22(20)23/h1-8,17-18,23-26H,9-13,15-16H2,(H,32,36)(H,33,37)(H,34,39)/t17-,18-,24-,25-,26-/m0/s1. The van der Waals surface area contributed by atoms with Crippen molar-refractivity contribution in [2.45, 2.75) is 55.1 Å². The molecule has 0 aromatic heterocycles. The Morgan fingerprint density at radius 2 is 1.78 bits per heavy atom. The van der Waals surface area contributed by atoms with Gasteiger partial charge >= 0.3 is 6.09 Å². The number of hydrogen-bond acceptors (Lipinski definition) is 7. The minimum Gasteiger partial charge on any atom is -0.449 e. The van der Waals surface area contributed by atoms with Gasteiger partial charge in [-0.2, -0.15) is 5.26 Å². The molecule has 41 heavy (non-hydrogen) atoms. The van der Waals surface area contributed by atoms with E-state index < -0.39 is 30.1 Å². The van der Waals surface area contributed by atoms with Crippen LogP contribution in [-0.2, 0) is 19.1 Å². The monoisotopic (exact) mass is 573 g/mol. The zero-order valence-corrected chi connectivity index (χ0v) is 23.2. The van der Waals surface area contributed by atoms with Crippen molar-refractivity contribution in [2.75, 3.05) is 18.9 Å². The van der Waals surface area contributed by atoms with Crippen molar-refractivity contribution in [1.82, 2.24) is 20.9 Å². The number of ether oxygens (including phenoxy) is 1. The maximum absolute atomic E-state index is 13.5. The highest BCUT2D eigenvalue weighted by Crippen LogP contribution is 2.44. The molecule has 3 saturated heterocycles. The first-order valence-corrected chi connectivity index (χ1v) is 15.0. The molecule has 11 heteroatoms. The molecular formula is C30H31N5O5S. The fourth-order valence-corrected chi connectivity index (χ4v) is 7.81. The molecule has 0 bridgehead atoms. The topological polar surface area (TPSA) is 141 Å². The van der Waals surface area contributed by atoms with E-state index in [1.807, 2.05) is 36.4 Å². The lowest BCUT2D eigenvalue weighted by Crippen LogP contribution is -2.59. The molecule has 3 N–H and O–H groups in total.